The second-order valence-electron chi connectivity index (χ2n) is 5.19. The van der Waals surface area contributed by atoms with Gasteiger partial charge in [-0.15, -0.1) is 0 Å². The van der Waals surface area contributed by atoms with E-state index < -0.39 is 6.10 Å². The van der Waals surface area contributed by atoms with Crippen molar-refractivity contribution in [1.82, 2.24) is 0 Å². The standard InChI is InChI=1S/C17H18O6/c1-20-13-5-9(6-14(21-2)17(13)22-3)16-15-10(8-23-16)4-11(18)7-12(15)19/h4-7,16,18-19H,8H2,1-3H3. The lowest BCUT2D eigenvalue weighted by atomic mass is 9.97. The zero-order valence-corrected chi connectivity index (χ0v) is 13.1. The largest absolute Gasteiger partial charge is 0.508 e. The highest BCUT2D eigenvalue weighted by Gasteiger charge is 2.30. The Morgan fingerprint density at radius 3 is 2.17 bits per heavy atom. The number of phenols is 2. The Morgan fingerprint density at radius 2 is 1.61 bits per heavy atom. The Kier molecular flexibility index (Phi) is 3.92. The van der Waals surface area contributed by atoms with Crippen molar-refractivity contribution in [2.24, 2.45) is 0 Å². The molecule has 0 aliphatic carbocycles. The van der Waals surface area contributed by atoms with Gasteiger partial charge in [0, 0.05) is 11.6 Å². The summed E-state index contributed by atoms with van der Waals surface area (Å²) in [6.45, 7) is 0.304. The molecule has 23 heavy (non-hydrogen) atoms. The van der Waals surface area contributed by atoms with Crippen LogP contribution in [0.15, 0.2) is 24.3 Å². The topological polar surface area (TPSA) is 77.4 Å². The third-order valence-corrected chi connectivity index (χ3v) is 3.89. The fourth-order valence-electron chi connectivity index (χ4n) is 2.87. The summed E-state index contributed by atoms with van der Waals surface area (Å²) in [5.41, 5.74) is 2.15. The van der Waals surface area contributed by atoms with E-state index in [0.29, 0.717) is 29.4 Å². The number of methoxy groups -OCH3 is 3. The lowest BCUT2D eigenvalue weighted by Crippen LogP contribution is -2.02. The Balaban J connectivity index is 2.12. The second-order valence-corrected chi connectivity index (χ2v) is 5.19. The van der Waals surface area contributed by atoms with E-state index in [1.54, 1.807) is 32.4 Å². The minimum atomic E-state index is -0.473. The van der Waals surface area contributed by atoms with Gasteiger partial charge >= 0.3 is 0 Å². The van der Waals surface area contributed by atoms with Crippen molar-refractivity contribution < 1.29 is 29.2 Å². The Labute approximate surface area is 133 Å². The summed E-state index contributed by atoms with van der Waals surface area (Å²) in [5, 5.41) is 19.8. The van der Waals surface area contributed by atoms with Crippen molar-refractivity contribution in [2.45, 2.75) is 12.7 Å². The van der Waals surface area contributed by atoms with Gasteiger partial charge in [0.05, 0.1) is 27.9 Å². The fraction of sp³-hybridized carbons (Fsp3) is 0.294. The van der Waals surface area contributed by atoms with Gasteiger partial charge in [0.25, 0.3) is 0 Å². The summed E-state index contributed by atoms with van der Waals surface area (Å²) in [5.74, 6) is 1.52. The zero-order valence-electron chi connectivity index (χ0n) is 13.1. The SMILES string of the molecule is COc1cc(C2OCc3cc(O)cc(O)c32)cc(OC)c1OC. The van der Waals surface area contributed by atoms with Crippen molar-refractivity contribution in [3.63, 3.8) is 0 Å². The number of hydrogen-bond acceptors (Lipinski definition) is 6. The molecule has 1 unspecified atom stereocenters. The molecule has 6 heteroatoms. The highest BCUT2D eigenvalue weighted by atomic mass is 16.5. The lowest BCUT2D eigenvalue weighted by molar-refractivity contribution is 0.0924. The summed E-state index contributed by atoms with van der Waals surface area (Å²) in [4.78, 5) is 0. The molecule has 0 saturated carbocycles. The van der Waals surface area contributed by atoms with Crippen molar-refractivity contribution >= 4 is 0 Å². The first kappa shape index (κ1) is 15.3. The third kappa shape index (κ3) is 2.51. The number of rotatable bonds is 4. The molecule has 122 valence electrons. The van der Waals surface area contributed by atoms with Gasteiger partial charge in [-0.3, -0.25) is 0 Å². The maximum absolute atomic E-state index is 10.2. The quantitative estimate of drug-likeness (QED) is 0.902. The molecule has 1 heterocycles. The van der Waals surface area contributed by atoms with E-state index in [4.69, 9.17) is 18.9 Å². The normalized spacial score (nSPS) is 16.0. The van der Waals surface area contributed by atoms with E-state index in [0.717, 1.165) is 11.1 Å². The van der Waals surface area contributed by atoms with Gasteiger partial charge in [-0.1, -0.05) is 0 Å². The zero-order chi connectivity index (χ0) is 16.6. The van der Waals surface area contributed by atoms with Crippen LogP contribution < -0.4 is 14.2 Å². The molecular weight excluding hydrogens is 300 g/mol. The minimum absolute atomic E-state index is 0.00347. The Bertz CT molecular complexity index is 715. The maximum Gasteiger partial charge on any atom is 0.203 e. The third-order valence-electron chi connectivity index (χ3n) is 3.89. The predicted molar refractivity (Wildman–Crippen MR) is 82.5 cm³/mol. The molecule has 2 aromatic carbocycles. The molecule has 0 aromatic heterocycles. The van der Waals surface area contributed by atoms with E-state index in [9.17, 15) is 10.2 Å². The van der Waals surface area contributed by atoms with E-state index >= 15 is 0 Å². The first-order valence-electron chi connectivity index (χ1n) is 7.05. The summed E-state index contributed by atoms with van der Waals surface area (Å²) in [6.07, 6.45) is -0.473. The highest BCUT2D eigenvalue weighted by Crippen LogP contribution is 2.47. The number of aromatic hydroxyl groups is 2. The number of phenolic OH excluding ortho intramolecular Hbond substituents is 2. The van der Waals surface area contributed by atoms with Gasteiger partial charge in [0.2, 0.25) is 5.75 Å². The van der Waals surface area contributed by atoms with Gasteiger partial charge in [-0.25, -0.2) is 0 Å². The molecule has 0 amide bonds. The average Bonchev–Trinajstić information content (AvgIpc) is 2.97. The molecule has 0 spiro atoms. The summed E-state index contributed by atoms with van der Waals surface area (Å²) < 4.78 is 21.8. The molecule has 2 aromatic rings. The van der Waals surface area contributed by atoms with E-state index in [2.05, 4.69) is 0 Å². The van der Waals surface area contributed by atoms with Crippen LogP contribution in [0.5, 0.6) is 28.7 Å². The van der Waals surface area contributed by atoms with Crippen molar-refractivity contribution in [1.29, 1.82) is 0 Å². The van der Waals surface area contributed by atoms with Crippen LogP contribution in [-0.4, -0.2) is 31.5 Å². The summed E-state index contributed by atoms with van der Waals surface area (Å²) in [6, 6.07) is 6.46. The van der Waals surface area contributed by atoms with Crippen LogP contribution >= 0.6 is 0 Å². The van der Waals surface area contributed by atoms with E-state index in [-0.39, 0.29) is 11.5 Å². The number of hydrogen-bond donors (Lipinski definition) is 2. The summed E-state index contributed by atoms with van der Waals surface area (Å²) in [7, 11) is 4.62. The predicted octanol–water partition coefficient (Wildman–Crippen LogP) is 2.74. The highest BCUT2D eigenvalue weighted by molar-refractivity contribution is 5.58. The molecule has 1 aliphatic rings. The smallest absolute Gasteiger partial charge is 0.203 e. The van der Waals surface area contributed by atoms with Crippen LogP contribution in [0, 0.1) is 0 Å². The molecule has 0 fully saturated rings. The van der Waals surface area contributed by atoms with Gasteiger partial charge < -0.3 is 29.2 Å². The molecule has 1 aliphatic heterocycles. The number of benzene rings is 2. The van der Waals surface area contributed by atoms with Gasteiger partial charge in [0.1, 0.15) is 17.6 Å². The molecule has 0 saturated heterocycles. The number of fused-ring (bicyclic) bond motifs is 1. The first-order chi connectivity index (χ1) is 11.1. The van der Waals surface area contributed by atoms with Crippen LogP contribution in [-0.2, 0) is 11.3 Å². The van der Waals surface area contributed by atoms with Crippen molar-refractivity contribution in [2.75, 3.05) is 21.3 Å². The van der Waals surface area contributed by atoms with Crippen LogP contribution in [0.1, 0.15) is 22.8 Å². The van der Waals surface area contributed by atoms with Gasteiger partial charge in [0.15, 0.2) is 11.5 Å². The molecule has 3 rings (SSSR count). The molecular formula is C17H18O6. The van der Waals surface area contributed by atoms with Crippen molar-refractivity contribution in [3.05, 3.63) is 41.0 Å². The molecule has 0 radical (unpaired) electrons. The maximum atomic E-state index is 10.2. The van der Waals surface area contributed by atoms with Gasteiger partial charge in [-0.2, -0.15) is 0 Å². The van der Waals surface area contributed by atoms with Crippen LogP contribution in [0.4, 0.5) is 0 Å². The lowest BCUT2D eigenvalue weighted by Gasteiger charge is -2.18. The average molecular weight is 318 g/mol. The number of ether oxygens (including phenoxy) is 4. The van der Waals surface area contributed by atoms with Crippen LogP contribution in [0.2, 0.25) is 0 Å². The first-order valence-corrected chi connectivity index (χ1v) is 7.05. The second kappa shape index (κ2) is 5.89. The fourth-order valence-corrected chi connectivity index (χ4v) is 2.87. The minimum Gasteiger partial charge on any atom is -0.508 e. The Morgan fingerprint density at radius 1 is 0.957 bits per heavy atom. The molecule has 2 N–H and O–H groups in total. The van der Waals surface area contributed by atoms with Crippen LogP contribution in [0.25, 0.3) is 0 Å². The summed E-state index contributed by atoms with van der Waals surface area (Å²) >= 11 is 0. The van der Waals surface area contributed by atoms with E-state index in [1.165, 1.54) is 13.2 Å². The van der Waals surface area contributed by atoms with Gasteiger partial charge in [-0.05, 0) is 29.3 Å². The van der Waals surface area contributed by atoms with Crippen molar-refractivity contribution in [3.8, 4) is 28.7 Å². The monoisotopic (exact) mass is 318 g/mol. The molecule has 0 bridgehead atoms. The Hall–Kier alpha value is -2.60. The van der Waals surface area contributed by atoms with Crippen LogP contribution in [0.3, 0.4) is 0 Å². The molecule has 1 atom stereocenters. The molecule has 6 nitrogen and oxygen atoms in total. The van der Waals surface area contributed by atoms with E-state index in [1.807, 2.05) is 0 Å².